The molecule has 0 aromatic carbocycles. The van der Waals surface area contributed by atoms with Crippen molar-refractivity contribution in [2.75, 3.05) is 23.7 Å². The quantitative estimate of drug-likeness (QED) is 0.715. The number of anilines is 2. The van der Waals surface area contributed by atoms with Crippen molar-refractivity contribution in [2.45, 2.75) is 18.9 Å². The molecule has 0 saturated carbocycles. The molecule has 2 N–H and O–H groups in total. The molecule has 0 radical (unpaired) electrons. The first-order chi connectivity index (χ1) is 14.1. The summed E-state index contributed by atoms with van der Waals surface area (Å²) < 4.78 is 1.89. The predicted molar refractivity (Wildman–Crippen MR) is 108 cm³/mol. The second-order valence-corrected chi connectivity index (χ2v) is 7.61. The number of nitrogen functional groups attached to an aromatic ring is 1. The molecule has 8 nitrogen and oxygen atoms in total. The van der Waals surface area contributed by atoms with Crippen molar-refractivity contribution in [3.8, 4) is 17.3 Å². The van der Waals surface area contributed by atoms with Crippen LogP contribution in [0.1, 0.15) is 23.6 Å². The molecule has 5 rings (SSSR count). The maximum atomic E-state index is 12.8. The molecular weight excluding hydrogens is 366 g/mol. The molecule has 1 saturated heterocycles. The van der Waals surface area contributed by atoms with Crippen LogP contribution in [0.2, 0.25) is 0 Å². The van der Waals surface area contributed by atoms with Crippen molar-refractivity contribution in [3.05, 3.63) is 64.5 Å². The van der Waals surface area contributed by atoms with Gasteiger partial charge in [-0.1, -0.05) is 6.07 Å². The van der Waals surface area contributed by atoms with Crippen LogP contribution in [0, 0.1) is 17.2 Å². The number of rotatable bonds is 2. The van der Waals surface area contributed by atoms with E-state index in [1.165, 1.54) is 6.33 Å². The van der Waals surface area contributed by atoms with Crippen LogP contribution in [0.4, 0.5) is 11.6 Å². The SMILES string of the molecule is N#Cc1c(N)ncnc1N1C[C@@H]2C[C@H](C1)c1cc(-c3ccccn3)cc(=O)n1C2. The second kappa shape index (κ2) is 6.71. The van der Waals surface area contributed by atoms with E-state index in [9.17, 15) is 10.1 Å². The van der Waals surface area contributed by atoms with Gasteiger partial charge in [-0.2, -0.15) is 5.26 Å². The van der Waals surface area contributed by atoms with Crippen LogP contribution < -0.4 is 16.2 Å². The number of nitriles is 1. The van der Waals surface area contributed by atoms with Gasteiger partial charge in [0.05, 0.1) is 5.69 Å². The summed E-state index contributed by atoms with van der Waals surface area (Å²) in [6, 6.07) is 11.6. The molecule has 5 heterocycles. The fourth-order valence-electron chi connectivity index (χ4n) is 4.55. The number of hydrogen-bond donors (Lipinski definition) is 1. The second-order valence-electron chi connectivity index (χ2n) is 7.61. The highest BCUT2D eigenvalue weighted by molar-refractivity contribution is 5.64. The van der Waals surface area contributed by atoms with E-state index in [2.05, 4.69) is 32.0 Å². The molecule has 3 aromatic heterocycles. The minimum Gasteiger partial charge on any atom is -0.382 e. The Balaban J connectivity index is 1.55. The van der Waals surface area contributed by atoms with Crippen molar-refractivity contribution in [2.24, 2.45) is 5.92 Å². The van der Waals surface area contributed by atoms with Gasteiger partial charge < -0.3 is 15.2 Å². The Kier molecular flexibility index (Phi) is 4.02. The first-order valence-corrected chi connectivity index (χ1v) is 9.55. The minimum atomic E-state index is 0.00953. The first kappa shape index (κ1) is 17.4. The molecule has 2 bridgehead atoms. The fourth-order valence-corrected chi connectivity index (χ4v) is 4.55. The van der Waals surface area contributed by atoms with Crippen molar-refractivity contribution in [1.29, 1.82) is 5.26 Å². The predicted octanol–water partition coefficient (Wildman–Crippen LogP) is 1.78. The largest absolute Gasteiger partial charge is 0.382 e. The van der Waals surface area contributed by atoms with E-state index in [-0.39, 0.29) is 17.3 Å². The summed E-state index contributed by atoms with van der Waals surface area (Å²) in [5.41, 5.74) is 8.84. The Morgan fingerprint density at radius 1 is 1.14 bits per heavy atom. The van der Waals surface area contributed by atoms with Crippen LogP contribution in [0.5, 0.6) is 0 Å². The summed E-state index contributed by atoms with van der Waals surface area (Å²) in [5.74, 6) is 1.25. The van der Waals surface area contributed by atoms with E-state index in [0.717, 1.165) is 29.9 Å². The molecule has 2 atom stereocenters. The lowest BCUT2D eigenvalue weighted by Gasteiger charge is -2.43. The highest BCUT2D eigenvalue weighted by atomic mass is 16.1. The molecule has 0 aliphatic carbocycles. The normalized spacial score (nSPS) is 20.0. The Hall–Kier alpha value is -3.73. The number of hydrogen-bond acceptors (Lipinski definition) is 7. The van der Waals surface area contributed by atoms with Crippen molar-refractivity contribution in [3.63, 3.8) is 0 Å². The van der Waals surface area contributed by atoms with Gasteiger partial charge in [-0.15, -0.1) is 0 Å². The molecule has 2 aliphatic rings. The Morgan fingerprint density at radius 2 is 2.03 bits per heavy atom. The molecule has 2 aliphatic heterocycles. The molecule has 144 valence electrons. The number of pyridine rings is 2. The van der Waals surface area contributed by atoms with Gasteiger partial charge in [-0.3, -0.25) is 9.78 Å². The number of nitrogens with two attached hydrogens (primary N) is 1. The zero-order valence-electron chi connectivity index (χ0n) is 15.7. The zero-order valence-corrected chi connectivity index (χ0v) is 15.7. The van der Waals surface area contributed by atoms with Gasteiger partial charge in [0, 0.05) is 49.1 Å². The Morgan fingerprint density at radius 3 is 2.83 bits per heavy atom. The van der Waals surface area contributed by atoms with Crippen LogP contribution >= 0.6 is 0 Å². The van der Waals surface area contributed by atoms with Gasteiger partial charge in [0.15, 0.2) is 5.82 Å². The molecule has 0 unspecified atom stereocenters. The third kappa shape index (κ3) is 2.91. The summed E-state index contributed by atoms with van der Waals surface area (Å²) in [5, 5.41) is 9.50. The van der Waals surface area contributed by atoms with E-state index >= 15 is 0 Å². The smallest absolute Gasteiger partial charge is 0.251 e. The summed E-state index contributed by atoms with van der Waals surface area (Å²) in [6.45, 7) is 2.06. The van der Waals surface area contributed by atoms with Crippen LogP contribution in [0.3, 0.4) is 0 Å². The van der Waals surface area contributed by atoms with Gasteiger partial charge in [0.25, 0.3) is 5.56 Å². The van der Waals surface area contributed by atoms with Crippen molar-refractivity contribution < 1.29 is 0 Å². The number of nitrogens with zero attached hydrogens (tertiary/aromatic N) is 6. The summed E-state index contributed by atoms with van der Waals surface area (Å²) in [6.07, 6.45) is 4.13. The van der Waals surface area contributed by atoms with E-state index in [0.29, 0.717) is 30.4 Å². The minimum absolute atomic E-state index is 0.00953. The lowest BCUT2D eigenvalue weighted by atomic mass is 9.82. The Bertz CT molecular complexity index is 1180. The molecular formula is C21H19N7O. The maximum Gasteiger partial charge on any atom is 0.251 e. The van der Waals surface area contributed by atoms with Crippen molar-refractivity contribution >= 4 is 11.6 Å². The van der Waals surface area contributed by atoms with Crippen LogP contribution in [0.15, 0.2) is 47.7 Å². The number of aromatic nitrogens is 4. The van der Waals surface area contributed by atoms with Crippen LogP contribution in [0.25, 0.3) is 11.3 Å². The maximum absolute atomic E-state index is 12.8. The number of fused-ring (bicyclic) bond motifs is 4. The zero-order chi connectivity index (χ0) is 20.0. The van der Waals surface area contributed by atoms with E-state index in [1.807, 2.05) is 22.8 Å². The molecule has 29 heavy (non-hydrogen) atoms. The van der Waals surface area contributed by atoms with Crippen LogP contribution in [-0.2, 0) is 6.54 Å². The fraction of sp³-hybridized carbons (Fsp3) is 0.286. The first-order valence-electron chi connectivity index (χ1n) is 9.55. The standard InChI is InChI=1S/C21H19N7O/c22-8-16-20(23)25-12-26-21(16)27-9-13-5-15(11-27)18-6-14(7-19(29)28(18)10-13)17-3-1-2-4-24-17/h1-4,6-7,12-13,15H,5,9-11H2,(H2,23,25,26)/t13-,15+/m0/s1. The highest BCUT2D eigenvalue weighted by Gasteiger charge is 2.36. The summed E-state index contributed by atoms with van der Waals surface area (Å²) in [4.78, 5) is 27.6. The van der Waals surface area contributed by atoms with Gasteiger partial charge in [0.2, 0.25) is 0 Å². The lowest BCUT2D eigenvalue weighted by Crippen LogP contribution is -2.47. The molecule has 8 heteroatoms. The highest BCUT2D eigenvalue weighted by Crippen LogP contribution is 2.38. The average molecular weight is 385 g/mol. The topological polar surface area (TPSA) is 114 Å². The summed E-state index contributed by atoms with van der Waals surface area (Å²) in [7, 11) is 0. The van der Waals surface area contributed by atoms with Gasteiger partial charge in [-0.05, 0) is 30.5 Å². The monoisotopic (exact) mass is 385 g/mol. The van der Waals surface area contributed by atoms with Gasteiger partial charge in [-0.25, -0.2) is 9.97 Å². The van der Waals surface area contributed by atoms with E-state index in [4.69, 9.17) is 5.73 Å². The lowest BCUT2D eigenvalue weighted by molar-refractivity contribution is 0.280. The van der Waals surface area contributed by atoms with Crippen LogP contribution in [-0.4, -0.2) is 32.6 Å². The molecule has 0 amide bonds. The van der Waals surface area contributed by atoms with E-state index in [1.54, 1.807) is 12.3 Å². The van der Waals surface area contributed by atoms with Gasteiger partial charge >= 0.3 is 0 Å². The Labute approximate surface area is 167 Å². The molecule has 0 spiro atoms. The summed E-state index contributed by atoms with van der Waals surface area (Å²) >= 11 is 0. The third-order valence-electron chi connectivity index (χ3n) is 5.78. The third-order valence-corrected chi connectivity index (χ3v) is 5.78. The van der Waals surface area contributed by atoms with E-state index < -0.39 is 0 Å². The average Bonchev–Trinajstić information content (AvgIpc) is 2.74. The number of piperidine rings is 1. The molecule has 1 fully saturated rings. The van der Waals surface area contributed by atoms with Crippen molar-refractivity contribution in [1.82, 2.24) is 19.5 Å². The van der Waals surface area contributed by atoms with Gasteiger partial charge in [0.1, 0.15) is 23.8 Å². The molecule has 3 aromatic rings.